The molecular formula is C17H13BrN6OS. The van der Waals surface area contributed by atoms with Crippen LogP contribution in [0.1, 0.15) is 21.2 Å². The molecule has 26 heavy (non-hydrogen) atoms. The lowest BCUT2D eigenvalue weighted by Crippen LogP contribution is -2.13. The molecule has 0 unspecified atom stereocenters. The Balaban J connectivity index is 1.60. The van der Waals surface area contributed by atoms with Crippen LogP contribution < -0.4 is 5.32 Å². The molecule has 0 aliphatic carbocycles. The Morgan fingerprint density at radius 1 is 1.15 bits per heavy atom. The van der Waals surface area contributed by atoms with E-state index in [4.69, 9.17) is 0 Å². The third-order valence-corrected chi connectivity index (χ3v) is 5.18. The Labute approximate surface area is 161 Å². The number of aryl methyl sites for hydroxylation is 2. The van der Waals surface area contributed by atoms with E-state index < -0.39 is 5.91 Å². The first-order chi connectivity index (χ1) is 12.5. The maximum Gasteiger partial charge on any atom is 0.297 e. The second kappa shape index (κ2) is 6.58. The number of nitrogens with one attached hydrogen (secondary N) is 1. The van der Waals surface area contributed by atoms with Crippen LogP contribution in [0.15, 0.2) is 41.0 Å². The molecule has 4 aromatic rings. The number of halogens is 1. The topological polar surface area (TPSA) is 85.1 Å². The zero-order valence-electron chi connectivity index (χ0n) is 13.9. The molecule has 9 heteroatoms. The van der Waals surface area contributed by atoms with Crippen LogP contribution in [0.2, 0.25) is 0 Å². The number of nitrogens with zero attached hydrogens (tertiary/aromatic N) is 5. The third kappa shape index (κ3) is 3.11. The van der Waals surface area contributed by atoms with Crippen molar-refractivity contribution in [2.24, 2.45) is 0 Å². The van der Waals surface area contributed by atoms with E-state index in [1.807, 2.05) is 38.1 Å². The van der Waals surface area contributed by atoms with E-state index in [-0.39, 0.29) is 5.82 Å². The smallest absolute Gasteiger partial charge is 0.295 e. The summed E-state index contributed by atoms with van der Waals surface area (Å²) in [7, 11) is 0. The molecule has 0 atom stereocenters. The highest BCUT2D eigenvalue weighted by Crippen LogP contribution is 2.31. The summed E-state index contributed by atoms with van der Waals surface area (Å²) in [5, 5.41) is 7.49. The average molecular weight is 429 g/mol. The first-order valence-electron chi connectivity index (χ1n) is 7.74. The lowest BCUT2D eigenvalue weighted by molar-refractivity contribution is 0.101. The number of carbonyl (C=O) groups is 1. The van der Waals surface area contributed by atoms with Gasteiger partial charge in [0.2, 0.25) is 5.82 Å². The third-order valence-electron chi connectivity index (χ3n) is 3.77. The lowest BCUT2D eigenvalue weighted by atomic mass is 10.1. The molecule has 4 rings (SSSR count). The highest BCUT2D eigenvalue weighted by molar-refractivity contribution is 9.10. The van der Waals surface area contributed by atoms with Crippen LogP contribution in [0, 0.1) is 13.8 Å². The van der Waals surface area contributed by atoms with E-state index in [2.05, 4.69) is 41.3 Å². The Kier molecular flexibility index (Phi) is 4.25. The Hall–Kier alpha value is -2.65. The van der Waals surface area contributed by atoms with Gasteiger partial charge in [-0.2, -0.15) is 4.98 Å². The van der Waals surface area contributed by atoms with Crippen molar-refractivity contribution in [3.8, 4) is 11.3 Å². The fraction of sp³-hybridized carbons (Fsp3) is 0.118. The molecule has 1 amide bonds. The Bertz CT molecular complexity index is 1120. The van der Waals surface area contributed by atoms with Gasteiger partial charge >= 0.3 is 0 Å². The Morgan fingerprint density at radius 2 is 1.92 bits per heavy atom. The molecule has 3 heterocycles. The van der Waals surface area contributed by atoms with Crippen LogP contribution in [-0.4, -0.2) is 30.5 Å². The highest BCUT2D eigenvalue weighted by atomic mass is 79.9. The standard InChI is InChI=1S/C17H13BrN6OS/c1-9-7-8-19-16-21-14(23-24(9)16)15(25)22-17-20-13(10(2)26-17)11-3-5-12(18)6-4-11/h3-8H,1-2H3,(H,20,22,25). The quantitative estimate of drug-likeness (QED) is 0.534. The normalized spacial score (nSPS) is 11.0. The second-order valence-corrected chi connectivity index (χ2v) is 7.74. The van der Waals surface area contributed by atoms with Crippen molar-refractivity contribution in [3.63, 3.8) is 0 Å². The summed E-state index contributed by atoms with van der Waals surface area (Å²) in [4.78, 5) is 26.3. The van der Waals surface area contributed by atoms with Gasteiger partial charge in [0.25, 0.3) is 11.7 Å². The number of hydrogen-bond acceptors (Lipinski definition) is 6. The molecule has 0 bridgehead atoms. The fourth-order valence-electron chi connectivity index (χ4n) is 2.48. The van der Waals surface area contributed by atoms with Crippen molar-refractivity contribution in [2.45, 2.75) is 13.8 Å². The number of rotatable bonds is 3. The molecule has 0 saturated carbocycles. The fourth-order valence-corrected chi connectivity index (χ4v) is 3.58. The van der Waals surface area contributed by atoms with E-state index in [1.165, 1.54) is 15.9 Å². The van der Waals surface area contributed by atoms with E-state index in [1.54, 1.807) is 12.3 Å². The minimum Gasteiger partial charge on any atom is -0.295 e. The molecule has 0 saturated heterocycles. The van der Waals surface area contributed by atoms with Crippen LogP contribution in [0.4, 0.5) is 5.13 Å². The maximum absolute atomic E-state index is 12.5. The first-order valence-corrected chi connectivity index (χ1v) is 9.35. The SMILES string of the molecule is Cc1sc(NC(=O)c2nc3nccc(C)n3n2)nc1-c1ccc(Br)cc1. The molecule has 1 N–H and O–H groups in total. The van der Waals surface area contributed by atoms with Crippen LogP contribution in [0.5, 0.6) is 0 Å². The molecule has 0 radical (unpaired) electrons. The summed E-state index contributed by atoms with van der Waals surface area (Å²) in [5.41, 5.74) is 2.69. The van der Waals surface area contributed by atoms with Gasteiger partial charge in [0, 0.05) is 26.8 Å². The van der Waals surface area contributed by atoms with Crippen molar-refractivity contribution in [3.05, 3.63) is 57.4 Å². The number of benzene rings is 1. The van der Waals surface area contributed by atoms with Crippen LogP contribution in [0.25, 0.3) is 17.0 Å². The molecular weight excluding hydrogens is 416 g/mol. The number of amides is 1. The average Bonchev–Trinajstić information content (AvgIpc) is 3.20. The highest BCUT2D eigenvalue weighted by Gasteiger charge is 2.17. The summed E-state index contributed by atoms with van der Waals surface area (Å²) >= 11 is 4.84. The summed E-state index contributed by atoms with van der Waals surface area (Å²) in [6.45, 7) is 3.85. The number of aromatic nitrogens is 5. The van der Waals surface area contributed by atoms with Gasteiger partial charge in [-0.3, -0.25) is 10.1 Å². The molecule has 3 aromatic heterocycles. The molecule has 0 aliphatic heterocycles. The first kappa shape index (κ1) is 16.8. The van der Waals surface area contributed by atoms with Crippen LogP contribution in [0.3, 0.4) is 0 Å². The van der Waals surface area contributed by atoms with Gasteiger partial charge in [-0.25, -0.2) is 14.5 Å². The van der Waals surface area contributed by atoms with Crippen molar-refractivity contribution in [1.29, 1.82) is 0 Å². The van der Waals surface area contributed by atoms with E-state index in [0.29, 0.717) is 10.9 Å². The van der Waals surface area contributed by atoms with Crippen molar-refractivity contribution in [2.75, 3.05) is 5.32 Å². The summed E-state index contributed by atoms with van der Waals surface area (Å²) in [5.74, 6) is 0.0388. The largest absolute Gasteiger partial charge is 0.297 e. The van der Waals surface area contributed by atoms with Crippen LogP contribution >= 0.6 is 27.3 Å². The number of anilines is 1. The van der Waals surface area contributed by atoms with Gasteiger partial charge in [0.05, 0.1) is 5.69 Å². The van der Waals surface area contributed by atoms with Crippen LogP contribution in [-0.2, 0) is 0 Å². The molecule has 1 aromatic carbocycles. The molecule has 7 nitrogen and oxygen atoms in total. The second-order valence-electron chi connectivity index (χ2n) is 5.62. The van der Waals surface area contributed by atoms with E-state index in [9.17, 15) is 4.79 Å². The van der Waals surface area contributed by atoms with Crippen molar-refractivity contribution < 1.29 is 4.79 Å². The molecule has 0 spiro atoms. The van der Waals surface area contributed by atoms with E-state index >= 15 is 0 Å². The zero-order chi connectivity index (χ0) is 18.3. The van der Waals surface area contributed by atoms with Gasteiger partial charge in [0.1, 0.15) is 0 Å². The minimum absolute atomic E-state index is 0.0600. The summed E-state index contributed by atoms with van der Waals surface area (Å²) < 4.78 is 2.54. The predicted octanol–water partition coefficient (Wildman–Crippen LogP) is 3.88. The number of carbonyl (C=O) groups excluding carboxylic acids is 1. The van der Waals surface area contributed by atoms with Gasteiger partial charge in [0.15, 0.2) is 5.13 Å². The number of fused-ring (bicyclic) bond motifs is 1. The van der Waals surface area contributed by atoms with Gasteiger partial charge in [-0.1, -0.05) is 28.1 Å². The number of thiazole rings is 1. The summed E-state index contributed by atoms with van der Waals surface area (Å²) in [6.07, 6.45) is 1.63. The van der Waals surface area contributed by atoms with Crippen molar-refractivity contribution >= 4 is 44.1 Å². The van der Waals surface area contributed by atoms with Crippen molar-refractivity contribution in [1.82, 2.24) is 24.6 Å². The predicted molar refractivity (Wildman–Crippen MR) is 103 cm³/mol. The Morgan fingerprint density at radius 3 is 2.65 bits per heavy atom. The van der Waals surface area contributed by atoms with Gasteiger partial charge < -0.3 is 0 Å². The minimum atomic E-state index is -0.411. The zero-order valence-corrected chi connectivity index (χ0v) is 16.3. The molecule has 0 fully saturated rings. The van der Waals surface area contributed by atoms with Gasteiger partial charge in [-0.15, -0.1) is 16.4 Å². The molecule has 130 valence electrons. The number of hydrogen-bond donors (Lipinski definition) is 1. The van der Waals surface area contributed by atoms with Gasteiger partial charge in [-0.05, 0) is 32.0 Å². The maximum atomic E-state index is 12.5. The monoisotopic (exact) mass is 428 g/mol. The van der Waals surface area contributed by atoms with E-state index in [0.717, 1.165) is 26.3 Å². The molecule has 0 aliphatic rings. The summed E-state index contributed by atoms with van der Waals surface area (Å²) in [6, 6.07) is 9.69. The lowest BCUT2D eigenvalue weighted by Gasteiger charge is -1.99.